The van der Waals surface area contributed by atoms with Crippen molar-refractivity contribution in [2.45, 2.75) is 12.3 Å². The van der Waals surface area contributed by atoms with E-state index in [2.05, 4.69) is 27.6 Å². The molecule has 1 aromatic heterocycles. The molecule has 1 amide bonds. The number of hydrogen-bond acceptors (Lipinski definition) is 3. The molecule has 1 aromatic rings. The summed E-state index contributed by atoms with van der Waals surface area (Å²) in [6.45, 7) is 2.02. The fourth-order valence-electron chi connectivity index (χ4n) is 2.06. The SMILES string of the molecule is CC1=C(I)CSC2/C(=C\c3ccccn3)C(=O)N12. The summed E-state index contributed by atoms with van der Waals surface area (Å²) in [5, 5.41) is 0.179. The van der Waals surface area contributed by atoms with Crippen molar-refractivity contribution in [1.29, 1.82) is 0 Å². The number of nitrogens with zero attached hydrogens (tertiary/aromatic N) is 2. The summed E-state index contributed by atoms with van der Waals surface area (Å²) in [6, 6.07) is 5.73. The van der Waals surface area contributed by atoms with E-state index in [-0.39, 0.29) is 11.3 Å². The number of halogens is 1. The topological polar surface area (TPSA) is 33.2 Å². The van der Waals surface area contributed by atoms with Crippen molar-refractivity contribution in [3.63, 3.8) is 0 Å². The van der Waals surface area contributed by atoms with Gasteiger partial charge >= 0.3 is 0 Å². The summed E-state index contributed by atoms with van der Waals surface area (Å²) in [5.74, 6) is 1.10. The zero-order valence-electron chi connectivity index (χ0n) is 9.76. The third-order valence-corrected chi connectivity index (χ3v) is 5.99. The first-order chi connectivity index (χ1) is 8.68. The van der Waals surface area contributed by atoms with Crippen LogP contribution < -0.4 is 0 Å². The third kappa shape index (κ3) is 1.89. The highest BCUT2D eigenvalue weighted by Crippen LogP contribution is 2.44. The maximum Gasteiger partial charge on any atom is 0.258 e. The predicted octanol–water partition coefficient (Wildman–Crippen LogP) is 3.05. The van der Waals surface area contributed by atoms with Crippen molar-refractivity contribution in [3.8, 4) is 0 Å². The molecule has 1 unspecified atom stereocenters. The van der Waals surface area contributed by atoms with Crippen molar-refractivity contribution >= 4 is 46.3 Å². The van der Waals surface area contributed by atoms with Crippen LogP contribution in [0.3, 0.4) is 0 Å². The minimum Gasteiger partial charge on any atom is -0.295 e. The summed E-state index contributed by atoms with van der Waals surface area (Å²) in [6.07, 6.45) is 3.65. The van der Waals surface area contributed by atoms with E-state index in [9.17, 15) is 4.79 Å². The van der Waals surface area contributed by atoms with E-state index >= 15 is 0 Å². The molecule has 0 spiro atoms. The van der Waals surface area contributed by atoms with Gasteiger partial charge in [-0.05, 0) is 47.7 Å². The fourth-order valence-corrected chi connectivity index (χ4v) is 4.12. The van der Waals surface area contributed by atoms with Crippen molar-refractivity contribution in [2.75, 3.05) is 5.75 Å². The first kappa shape index (κ1) is 12.2. The molecule has 3 nitrogen and oxygen atoms in total. The number of pyridine rings is 1. The second kappa shape index (κ2) is 4.70. The standard InChI is InChI=1S/C13H11IN2OS/c1-8-11(14)7-18-13-10(12(17)16(8)13)6-9-4-2-3-5-15-9/h2-6,13H,7H2,1H3/b10-6-. The molecule has 2 aliphatic rings. The van der Waals surface area contributed by atoms with E-state index in [1.807, 2.05) is 36.1 Å². The van der Waals surface area contributed by atoms with Gasteiger partial charge < -0.3 is 0 Å². The van der Waals surface area contributed by atoms with Gasteiger partial charge in [-0.2, -0.15) is 0 Å². The molecule has 3 rings (SSSR count). The Labute approximate surface area is 123 Å². The summed E-state index contributed by atoms with van der Waals surface area (Å²) in [4.78, 5) is 18.3. The Hall–Kier alpha value is -0.820. The number of hydrogen-bond donors (Lipinski definition) is 0. The lowest BCUT2D eigenvalue weighted by Gasteiger charge is -2.45. The summed E-state index contributed by atoms with van der Waals surface area (Å²) in [7, 11) is 0. The number of carbonyl (C=O) groups is 1. The molecule has 0 aliphatic carbocycles. The second-order valence-corrected chi connectivity index (χ2v) is 6.55. The molecule has 0 N–H and O–H groups in total. The molecule has 5 heteroatoms. The molecule has 18 heavy (non-hydrogen) atoms. The normalized spacial score (nSPS) is 25.2. The number of rotatable bonds is 1. The van der Waals surface area contributed by atoms with Crippen LogP contribution in [-0.4, -0.2) is 26.9 Å². The highest BCUT2D eigenvalue weighted by atomic mass is 127. The first-order valence-corrected chi connectivity index (χ1v) is 7.74. The van der Waals surface area contributed by atoms with Crippen LogP contribution in [0.4, 0.5) is 0 Å². The molecule has 1 atom stereocenters. The van der Waals surface area contributed by atoms with Crippen molar-refractivity contribution in [1.82, 2.24) is 9.88 Å². The predicted molar refractivity (Wildman–Crippen MR) is 82.0 cm³/mol. The van der Waals surface area contributed by atoms with E-state index in [1.165, 1.54) is 3.58 Å². The van der Waals surface area contributed by atoms with Crippen LogP contribution in [0, 0.1) is 0 Å². The van der Waals surface area contributed by atoms with Gasteiger partial charge in [0.05, 0.1) is 11.3 Å². The van der Waals surface area contributed by atoms with Crippen LogP contribution in [0.1, 0.15) is 12.6 Å². The second-order valence-electron chi connectivity index (χ2n) is 4.18. The van der Waals surface area contributed by atoms with Crippen LogP contribution in [0.25, 0.3) is 6.08 Å². The van der Waals surface area contributed by atoms with E-state index < -0.39 is 0 Å². The molecule has 1 fully saturated rings. The van der Waals surface area contributed by atoms with Gasteiger partial charge in [-0.3, -0.25) is 14.7 Å². The van der Waals surface area contributed by atoms with Crippen LogP contribution in [-0.2, 0) is 4.79 Å². The van der Waals surface area contributed by atoms with E-state index in [0.29, 0.717) is 0 Å². The zero-order valence-corrected chi connectivity index (χ0v) is 12.7. The number of carbonyl (C=O) groups excluding carboxylic acids is 1. The molecule has 0 radical (unpaired) electrons. The van der Waals surface area contributed by atoms with Crippen LogP contribution in [0.2, 0.25) is 0 Å². The lowest BCUT2D eigenvalue weighted by atomic mass is 10.0. The van der Waals surface area contributed by atoms with Gasteiger partial charge in [-0.15, -0.1) is 11.8 Å². The highest BCUT2D eigenvalue weighted by molar-refractivity contribution is 14.1. The maximum absolute atomic E-state index is 12.1. The average Bonchev–Trinajstić information content (AvgIpc) is 2.40. The molecule has 92 valence electrons. The number of amides is 1. The molecule has 0 saturated carbocycles. The first-order valence-electron chi connectivity index (χ1n) is 5.61. The van der Waals surface area contributed by atoms with Gasteiger partial charge in [0.2, 0.25) is 0 Å². The van der Waals surface area contributed by atoms with Crippen molar-refractivity contribution < 1.29 is 4.79 Å². The zero-order chi connectivity index (χ0) is 12.7. The lowest BCUT2D eigenvalue weighted by molar-refractivity contribution is -0.131. The molecule has 0 bridgehead atoms. The Bertz CT molecular complexity index is 568. The highest BCUT2D eigenvalue weighted by Gasteiger charge is 2.45. The molecular formula is C13H11IN2OS. The van der Waals surface area contributed by atoms with E-state index in [0.717, 1.165) is 22.7 Å². The Morgan fingerprint density at radius 3 is 3.11 bits per heavy atom. The molecule has 3 heterocycles. The smallest absolute Gasteiger partial charge is 0.258 e. The van der Waals surface area contributed by atoms with E-state index in [4.69, 9.17) is 0 Å². The molecule has 2 aliphatic heterocycles. The fraction of sp³-hybridized carbons (Fsp3) is 0.231. The minimum atomic E-state index is 0.115. The Balaban J connectivity index is 1.91. The van der Waals surface area contributed by atoms with Gasteiger partial charge in [0, 0.05) is 21.2 Å². The van der Waals surface area contributed by atoms with Gasteiger partial charge in [0.25, 0.3) is 5.91 Å². The average molecular weight is 370 g/mol. The number of β-lactam (4-membered cyclic amide) rings is 1. The third-order valence-electron chi connectivity index (χ3n) is 3.08. The van der Waals surface area contributed by atoms with Crippen LogP contribution >= 0.6 is 34.4 Å². The molecule has 0 aromatic carbocycles. The molecular weight excluding hydrogens is 359 g/mol. The van der Waals surface area contributed by atoms with Gasteiger partial charge in [-0.1, -0.05) is 6.07 Å². The van der Waals surface area contributed by atoms with Crippen molar-refractivity contribution in [2.24, 2.45) is 0 Å². The maximum atomic E-state index is 12.1. The summed E-state index contributed by atoms with van der Waals surface area (Å²) < 4.78 is 1.26. The monoisotopic (exact) mass is 370 g/mol. The largest absolute Gasteiger partial charge is 0.295 e. The summed E-state index contributed by atoms with van der Waals surface area (Å²) >= 11 is 4.12. The van der Waals surface area contributed by atoms with Gasteiger partial charge in [0.15, 0.2) is 0 Å². The lowest BCUT2D eigenvalue weighted by Crippen LogP contribution is -2.53. The Morgan fingerprint density at radius 2 is 2.39 bits per heavy atom. The number of fused-ring (bicyclic) bond motifs is 1. The minimum absolute atomic E-state index is 0.115. The van der Waals surface area contributed by atoms with Gasteiger partial charge in [0.1, 0.15) is 5.37 Å². The van der Waals surface area contributed by atoms with Crippen LogP contribution in [0.5, 0.6) is 0 Å². The molecule has 1 saturated heterocycles. The summed E-state index contributed by atoms with van der Waals surface area (Å²) in [5.41, 5.74) is 2.81. The number of aromatic nitrogens is 1. The Kier molecular flexibility index (Phi) is 3.19. The number of thioether (sulfide) groups is 1. The Morgan fingerprint density at radius 1 is 1.56 bits per heavy atom. The quantitative estimate of drug-likeness (QED) is 0.433. The van der Waals surface area contributed by atoms with Crippen molar-refractivity contribution in [3.05, 3.63) is 44.9 Å². The van der Waals surface area contributed by atoms with E-state index in [1.54, 1.807) is 18.0 Å². The van der Waals surface area contributed by atoms with Crippen LogP contribution in [0.15, 0.2) is 39.2 Å². The van der Waals surface area contributed by atoms with Gasteiger partial charge in [-0.25, -0.2) is 0 Å². The number of allylic oxidation sites excluding steroid dienone is 1.